The van der Waals surface area contributed by atoms with Crippen molar-refractivity contribution in [1.82, 2.24) is 10.2 Å². The molecule has 0 bridgehead atoms. The molecule has 0 radical (unpaired) electrons. The van der Waals surface area contributed by atoms with E-state index in [1.54, 1.807) is 11.3 Å². The first-order valence-electron chi connectivity index (χ1n) is 7.47. The van der Waals surface area contributed by atoms with Crippen molar-refractivity contribution in [3.05, 3.63) is 21.9 Å². The molecule has 2 N–H and O–H groups in total. The second-order valence-electron chi connectivity index (χ2n) is 5.89. The second kappa shape index (κ2) is 6.05. The highest BCUT2D eigenvalue weighted by Gasteiger charge is 2.29. The van der Waals surface area contributed by atoms with E-state index < -0.39 is 5.97 Å². The zero-order valence-electron chi connectivity index (χ0n) is 11.9. The largest absolute Gasteiger partial charge is 0.481 e. The quantitative estimate of drug-likeness (QED) is 0.881. The van der Waals surface area contributed by atoms with Gasteiger partial charge < -0.3 is 15.3 Å². The summed E-state index contributed by atoms with van der Waals surface area (Å²) in [7, 11) is 0. The molecule has 2 aliphatic rings. The lowest BCUT2D eigenvalue weighted by Gasteiger charge is -2.32. The van der Waals surface area contributed by atoms with Gasteiger partial charge in [0.2, 0.25) is 0 Å². The molecule has 1 aromatic rings. The lowest BCUT2D eigenvalue weighted by Crippen LogP contribution is -2.48. The maximum Gasteiger partial charge on any atom is 0.317 e. The van der Waals surface area contributed by atoms with Gasteiger partial charge in [-0.05, 0) is 42.7 Å². The van der Waals surface area contributed by atoms with Crippen LogP contribution in [-0.4, -0.2) is 34.6 Å². The van der Waals surface area contributed by atoms with Crippen LogP contribution < -0.4 is 5.32 Å². The number of nitrogens with one attached hydrogen (secondary N) is 1. The van der Waals surface area contributed by atoms with Gasteiger partial charge >= 0.3 is 12.0 Å². The van der Waals surface area contributed by atoms with Gasteiger partial charge in [0.25, 0.3) is 0 Å². The van der Waals surface area contributed by atoms with Crippen molar-refractivity contribution in [2.45, 2.75) is 44.7 Å². The second-order valence-corrected chi connectivity index (χ2v) is 6.89. The van der Waals surface area contributed by atoms with E-state index in [1.165, 1.54) is 10.4 Å². The molecule has 2 unspecified atom stereocenters. The SMILES string of the molecule is O=C(O)C1CCCC(NC(=O)N2CCc3sccc3C2)C1. The third-order valence-electron chi connectivity index (χ3n) is 4.45. The molecule has 1 saturated carbocycles. The van der Waals surface area contributed by atoms with Crippen LogP contribution in [0.4, 0.5) is 4.79 Å². The number of aliphatic carboxylic acids is 1. The van der Waals surface area contributed by atoms with E-state index in [9.17, 15) is 9.59 Å². The third-order valence-corrected chi connectivity index (χ3v) is 5.47. The molecule has 114 valence electrons. The summed E-state index contributed by atoms with van der Waals surface area (Å²) in [6.45, 7) is 1.41. The first-order valence-corrected chi connectivity index (χ1v) is 8.35. The van der Waals surface area contributed by atoms with Gasteiger partial charge in [-0.1, -0.05) is 6.42 Å². The summed E-state index contributed by atoms with van der Waals surface area (Å²) >= 11 is 1.75. The van der Waals surface area contributed by atoms with Gasteiger partial charge in [-0.2, -0.15) is 0 Å². The van der Waals surface area contributed by atoms with Gasteiger partial charge in [0.15, 0.2) is 0 Å². The van der Waals surface area contributed by atoms with Gasteiger partial charge in [-0.25, -0.2) is 4.79 Å². The predicted molar refractivity (Wildman–Crippen MR) is 80.3 cm³/mol. The average molecular weight is 308 g/mol. The average Bonchev–Trinajstić information content (AvgIpc) is 2.94. The summed E-state index contributed by atoms with van der Waals surface area (Å²) in [5.41, 5.74) is 1.24. The topological polar surface area (TPSA) is 69.6 Å². The molecule has 1 aliphatic heterocycles. The van der Waals surface area contributed by atoms with E-state index in [2.05, 4.69) is 16.8 Å². The predicted octanol–water partition coefficient (Wildman–Crippen LogP) is 2.46. The zero-order chi connectivity index (χ0) is 14.8. The minimum Gasteiger partial charge on any atom is -0.481 e. The van der Waals surface area contributed by atoms with Crippen LogP contribution in [0.15, 0.2) is 11.4 Å². The molecule has 2 heterocycles. The van der Waals surface area contributed by atoms with E-state index in [1.807, 2.05) is 4.90 Å². The van der Waals surface area contributed by atoms with Crippen LogP contribution >= 0.6 is 11.3 Å². The number of hydrogen-bond donors (Lipinski definition) is 2. The molecule has 3 rings (SSSR count). The fourth-order valence-corrected chi connectivity index (χ4v) is 4.12. The summed E-state index contributed by atoms with van der Waals surface area (Å²) < 4.78 is 0. The van der Waals surface area contributed by atoms with Crippen LogP contribution in [0.25, 0.3) is 0 Å². The summed E-state index contributed by atoms with van der Waals surface area (Å²) in [6.07, 6.45) is 3.95. The van der Waals surface area contributed by atoms with Crippen LogP contribution in [-0.2, 0) is 17.8 Å². The molecular weight excluding hydrogens is 288 g/mol. The van der Waals surface area contributed by atoms with Crippen molar-refractivity contribution in [2.24, 2.45) is 5.92 Å². The van der Waals surface area contributed by atoms with Crippen LogP contribution in [0.5, 0.6) is 0 Å². The molecule has 5 nitrogen and oxygen atoms in total. The normalized spacial score (nSPS) is 25.2. The van der Waals surface area contributed by atoms with E-state index in [4.69, 9.17) is 5.11 Å². The number of carboxylic acids is 1. The molecule has 6 heteroatoms. The number of nitrogens with zero attached hydrogens (tertiary/aromatic N) is 1. The van der Waals surface area contributed by atoms with Gasteiger partial charge in [-0.15, -0.1) is 11.3 Å². The van der Waals surface area contributed by atoms with Gasteiger partial charge in [0.1, 0.15) is 0 Å². The monoisotopic (exact) mass is 308 g/mol. The third kappa shape index (κ3) is 3.20. The Morgan fingerprint density at radius 2 is 2.24 bits per heavy atom. The highest BCUT2D eigenvalue weighted by Crippen LogP contribution is 2.26. The van der Waals surface area contributed by atoms with Crippen molar-refractivity contribution >= 4 is 23.3 Å². The van der Waals surface area contributed by atoms with Crippen molar-refractivity contribution in [3.8, 4) is 0 Å². The summed E-state index contributed by atoms with van der Waals surface area (Å²) in [5, 5.41) is 14.2. The highest BCUT2D eigenvalue weighted by molar-refractivity contribution is 7.10. The summed E-state index contributed by atoms with van der Waals surface area (Å²) in [6, 6.07) is 2.03. The summed E-state index contributed by atoms with van der Waals surface area (Å²) in [4.78, 5) is 26.6. The minimum atomic E-state index is -0.741. The lowest BCUT2D eigenvalue weighted by atomic mass is 9.86. The molecule has 2 atom stereocenters. The Hall–Kier alpha value is -1.56. The molecule has 1 aliphatic carbocycles. The Labute approximate surface area is 128 Å². The number of carbonyl (C=O) groups excluding carboxylic acids is 1. The fourth-order valence-electron chi connectivity index (χ4n) is 3.23. The van der Waals surface area contributed by atoms with Gasteiger partial charge in [-0.3, -0.25) is 4.79 Å². The number of fused-ring (bicyclic) bond motifs is 1. The number of rotatable bonds is 2. The maximum absolute atomic E-state index is 12.3. The Balaban J connectivity index is 1.56. The Morgan fingerprint density at radius 1 is 1.38 bits per heavy atom. The van der Waals surface area contributed by atoms with Gasteiger partial charge in [0, 0.05) is 24.0 Å². The van der Waals surface area contributed by atoms with Crippen LogP contribution in [0.3, 0.4) is 0 Å². The molecule has 0 spiro atoms. The minimum absolute atomic E-state index is 0.00350. The van der Waals surface area contributed by atoms with E-state index in [0.717, 1.165) is 32.2 Å². The maximum atomic E-state index is 12.3. The number of amides is 2. The number of carbonyl (C=O) groups is 2. The Morgan fingerprint density at radius 3 is 3.05 bits per heavy atom. The zero-order valence-corrected chi connectivity index (χ0v) is 12.7. The van der Waals surface area contributed by atoms with Crippen molar-refractivity contribution < 1.29 is 14.7 Å². The molecule has 21 heavy (non-hydrogen) atoms. The molecule has 1 fully saturated rings. The van der Waals surface area contributed by atoms with Crippen molar-refractivity contribution in [3.63, 3.8) is 0 Å². The lowest BCUT2D eigenvalue weighted by molar-refractivity contribution is -0.143. The fraction of sp³-hybridized carbons (Fsp3) is 0.600. The number of hydrogen-bond acceptors (Lipinski definition) is 3. The standard InChI is InChI=1S/C15H20N2O3S/c18-14(19)10-2-1-3-12(8-10)16-15(20)17-6-4-13-11(9-17)5-7-21-13/h5,7,10,12H,1-4,6,8-9H2,(H,16,20)(H,18,19). The smallest absolute Gasteiger partial charge is 0.317 e. The first kappa shape index (κ1) is 14.4. The Bertz CT molecular complexity index is 543. The Kier molecular flexibility index (Phi) is 4.14. The number of thiophene rings is 1. The molecular formula is C15H20N2O3S. The summed E-state index contributed by atoms with van der Waals surface area (Å²) in [5.74, 6) is -1.05. The van der Waals surface area contributed by atoms with Gasteiger partial charge in [0.05, 0.1) is 5.92 Å². The van der Waals surface area contributed by atoms with E-state index in [-0.39, 0.29) is 18.0 Å². The molecule has 1 aromatic heterocycles. The van der Waals surface area contributed by atoms with E-state index in [0.29, 0.717) is 13.0 Å². The van der Waals surface area contributed by atoms with Crippen molar-refractivity contribution in [2.75, 3.05) is 6.54 Å². The first-order chi connectivity index (χ1) is 10.1. The van der Waals surface area contributed by atoms with Crippen LogP contribution in [0, 0.1) is 5.92 Å². The van der Waals surface area contributed by atoms with Crippen LogP contribution in [0.2, 0.25) is 0 Å². The number of carboxylic acid groups (broad SMARTS) is 1. The molecule has 0 aromatic carbocycles. The van der Waals surface area contributed by atoms with E-state index >= 15 is 0 Å². The number of urea groups is 1. The highest BCUT2D eigenvalue weighted by atomic mass is 32.1. The van der Waals surface area contributed by atoms with Crippen molar-refractivity contribution in [1.29, 1.82) is 0 Å². The van der Waals surface area contributed by atoms with Crippen LogP contribution in [0.1, 0.15) is 36.1 Å². The molecule has 0 saturated heterocycles. The molecule has 2 amide bonds.